The quantitative estimate of drug-likeness (QED) is 0.537. The maximum absolute atomic E-state index is 13.6. The fourth-order valence-corrected chi connectivity index (χ4v) is 3.42. The van der Waals surface area contributed by atoms with Gasteiger partial charge in [0.15, 0.2) is 15.8 Å². The van der Waals surface area contributed by atoms with Crippen LogP contribution in [0, 0.1) is 5.82 Å². The third-order valence-electron chi connectivity index (χ3n) is 3.94. The van der Waals surface area contributed by atoms with Gasteiger partial charge in [-0.2, -0.15) is 0 Å². The highest BCUT2D eigenvalue weighted by Crippen LogP contribution is 2.14. The third kappa shape index (κ3) is 6.80. The number of hydrogen-bond acceptors (Lipinski definition) is 5. The zero-order chi connectivity index (χ0) is 20.7. The summed E-state index contributed by atoms with van der Waals surface area (Å²) in [5, 5.41) is 6.24. The lowest BCUT2D eigenvalue weighted by Crippen LogP contribution is -2.36. The molecule has 0 aliphatic carbocycles. The van der Waals surface area contributed by atoms with Crippen molar-refractivity contribution >= 4 is 21.6 Å². The molecule has 0 atom stereocenters. The number of nitrogens with one attached hydrogen (secondary N) is 2. The van der Waals surface area contributed by atoms with Gasteiger partial charge in [0, 0.05) is 33.9 Å². The largest absolute Gasteiger partial charge is 0.363 e. The minimum absolute atomic E-state index is 0.141. The summed E-state index contributed by atoms with van der Waals surface area (Å²) in [5.74, 6) is 0.804. The number of aromatic nitrogens is 1. The van der Waals surface area contributed by atoms with Crippen LogP contribution in [0.1, 0.15) is 16.8 Å². The van der Waals surface area contributed by atoms with Crippen LogP contribution in [0.15, 0.2) is 41.4 Å². The molecular weight excluding hydrogens is 381 g/mol. The van der Waals surface area contributed by atoms with Gasteiger partial charge in [-0.3, -0.25) is 4.99 Å². The molecule has 0 saturated carbocycles. The molecule has 0 unspecified atom stereocenters. The summed E-state index contributed by atoms with van der Waals surface area (Å²) in [6, 6.07) is 9.86. The van der Waals surface area contributed by atoms with Gasteiger partial charge in [0.2, 0.25) is 0 Å². The molecule has 0 amide bonds. The van der Waals surface area contributed by atoms with E-state index in [2.05, 4.69) is 20.6 Å². The third-order valence-corrected chi connectivity index (χ3v) is 4.78. The summed E-state index contributed by atoms with van der Waals surface area (Å²) in [6.07, 6.45) is 1.16. The van der Waals surface area contributed by atoms with E-state index in [9.17, 15) is 12.8 Å². The molecule has 152 valence electrons. The van der Waals surface area contributed by atoms with E-state index in [1.54, 1.807) is 7.05 Å². The second-order valence-corrected chi connectivity index (χ2v) is 8.78. The zero-order valence-corrected chi connectivity index (χ0v) is 17.3. The molecule has 0 aliphatic heterocycles. The molecule has 1 aromatic carbocycles. The lowest BCUT2D eigenvalue weighted by atomic mass is 10.1. The van der Waals surface area contributed by atoms with Crippen LogP contribution in [0.4, 0.5) is 10.2 Å². The van der Waals surface area contributed by atoms with Crippen molar-refractivity contribution in [1.29, 1.82) is 0 Å². The van der Waals surface area contributed by atoms with E-state index in [0.29, 0.717) is 23.6 Å². The number of rotatable bonds is 7. The average molecular weight is 408 g/mol. The molecule has 2 rings (SSSR count). The van der Waals surface area contributed by atoms with Crippen LogP contribution in [0.2, 0.25) is 0 Å². The monoisotopic (exact) mass is 407 g/mol. The second-order valence-electron chi connectivity index (χ2n) is 6.64. The Labute approximate surface area is 165 Å². The van der Waals surface area contributed by atoms with Crippen molar-refractivity contribution in [2.45, 2.75) is 18.8 Å². The summed E-state index contributed by atoms with van der Waals surface area (Å²) in [6.45, 7) is 0.703. The Morgan fingerprint density at radius 1 is 1.14 bits per heavy atom. The molecule has 9 heteroatoms. The van der Waals surface area contributed by atoms with Crippen LogP contribution in [0.5, 0.6) is 0 Å². The predicted molar refractivity (Wildman–Crippen MR) is 111 cm³/mol. The van der Waals surface area contributed by atoms with Crippen molar-refractivity contribution in [3.05, 3.63) is 59.0 Å². The van der Waals surface area contributed by atoms with Crippen LogP contribution in [0.3, 0.4) is 0 Å². The van der Waals surface area contributed by atoms with E-state index in [0.717, 1.165) is 17.8 Å². The molecule has 0 saturated heterocycles. The van der Waals surface area contributed by atoms with E-state index < -0.39 is 15.7 Å². The fourth-order valence-electron chi connectivity index (χ4n) is 2.57. The van der Waals surface area contributed by atoms with Gasteiger partial charge in [0.1, 0.15) is 11.6 Å². The summed E-state index contributed by atoms with van der Waals surface area (Å²) in [7, 11) is 2.25. The Kier molecular flexibility index (Phi) is 7.33. The Hall–Kier alpha value is -2.68. The highest BCUT2D eigenvalue weighted by Gasteiger charge is 2.11. The molecule has 2 N–H and O–H groups in total. The number of pyridine rings is 1. The SMILES string of the molecule is CN=C(NCc1cccc(N(C)C)n1)NCc1cc(F)ccc1CS(C)(=O)=O. The number of anilines is 1. The summed E-state index contributed by atoms with van der Waals surface area (Å²) < 4.78 is 36.8. The molecule has 0 spiro atoms. The zero-order valence-electron chi connectivity index (χ0n) is 16.5. The Morgan fingerprint density at radius 3 is 2.50 bits per heavy atom. The van der Waals surface area contributed by atoms with Crippen molar-refractivity contribution in [2.24, 2.45) is 4.99 Å². The second kappa shape index (κ2) is 9.50. The average Bonchev–Trinajstić information content (AvgIpc) is 2.63. The first-order chi connectivity index (χ1) is 13.2. The number of benzene rings is 1. The van der Waals surface area contributed by atoms with Gasteiger partial charge >= 0.3 is 0 Å². The topological polar surface area (TPSA) is 86.7 Å². The molecule has 7 nitrogen and oxygen atoms in total. The highest BCUT2D eigenvalue weighted by atomic mass is 32.2. The normalized spacial score (nSPS) is 12.0. The van der Waals surface area contributed by atoms with Gasteiger partial charge in [0.05, 0.1) is 18.0 Å². The lowest BCUT2D eigenvalue weighted by molar-refractivity contribution is 0.599. The van der Waals surface area contributed by atoms with Crippen molar-refractivity contribution < 1.29 is 12.8 Å². The van der Waals surface area contributed by atoms with Crippen LogP contribution in [0.25, 0.3) is 0 Å². The van der Waals surface area contributed by atoms with Gasteiger partial charge in [-0.05, 0) is 35.4 Å². The van der Waals surface area contributed by atoms with Gasteiger partial charge in [0.25, 0.3) is 0 Å². The Bertz CT molecular complexity index is 945. The molecule has 1 aromatic heterocycles. The predicted octanol–water partition coefficient (Wildman–Crippen LogP) is 1.70. The van der Waals surface area contributed by atoms with Gasteiger partial charge in [-0.25, -0.2) is 17.8 Å². The molecule has 2 aromatic rings. The van der Waals surface area contributed by atoms with E-state index in [1.165, 1.54) is 18.2 Å². The van der Waals surface area contributed by atoms with Crippen LogP contribution < -0.4 is 15.5 Å². The molecule has 0 fully saturated rings. The van der Waals surface area contributed by atoms with Gasteiger partial charge in [-0.1, -0.05) is 12.1 Å². The Balaban J connectivity index is 2.03. The van der Waals surface area contributed by atoms with Crippen molar-refractivity contribution in [3.8, 4) is 0 Å². The van der Waals surface area contributed by atoms with E-state index >= 15 is 0 Å². The van der Waals surface area contributed by atoms with E-state index in [1.807, 2.05) is 37.2 Å². The Morgan fingerprint density at radius 2 is 1.86 bits per heavy atom. The van der Waals surface area contributed by atoms with Crippen LogP contribution in [-0.4, -0.2) is 46.8 Å². The number of guanidine groups is 1. The standard InChI is InChI=1S/C19H26FN5O2S/c1-21-19(23-12-17-6-5-7-18(24-17)25(2)3)22-11-15-10-16(20)9-8-14(15)13-28(4,26)27/h5-10H,11-13H2,1-4H3,(H2,21,22,23). The molecule has 28 heavy (non-hydrogen) atoms. The van der Waals surface area contributed by atoms with Gasteiger partial charge in [-0.15, -0.1) is 0 Å². The van der Waals surface area contributed by atoms with Crippen molar-refractivity contribution in [3.63, 3.8) is 0 Å². The van der Waals surface area contributed by atoms with Crippen molar-refractivity contribution in [2.75, 3.05) is 32.3 Å². The summed E-state index contributed by atoms with van der Waals surface area (Å²) in [4.78, 5) is 10.6. The molecule has 0 bridgehead atoms. The van der Waals surface area contributed by atoms with Crippen LogP contribution >= 0.6 is 0 Å². The summed E-state index contributed by atoms with van der Waals surface area (Å²) >= 11 is 0. The molecular formula is C19H26FN5O2S. The first-order valence-electron chi connectivity index (χ1n) is 8.71. The highest BCUT2D eigenvalue weighted by molar-refractivity contribution is 7.89. The van der Waals surface area contributed by atoms with Crippen LogP contribution in [-0.2, 0) is 28.7 Å². The maximum Gasteiger partial charge on any atom is 0.191 e. The molecule has 1 heterocycles. The van der Waals surface area contributed by atoms with E-state index in [4.69, 9.17) is 0 Å². The maximum atomic E-state index is 13.6. The first-order valence-corrected chi connectivity index (χ1v) is 10.8. The summed E-state index contributed by atoms with van der Waals surface area (Å²) in [5.41, 5.74) is 1.98. The number of halogens is 1. The number of nitrogens with zero attached hydrogens (tertiary/aromatic N) is 3. The molecule has 0 radical (unpaired) electrons. The smallest absolute Gasteiger partial charge is 0.191 e. The fraction of sp³-hybridized carbons (Fsp3) is 0.368. The van der Waals surface area contributed by atoms with Crippen molar-refractivity contribution in [1.82, 2.24) is 15.6 Å². The number of aliphatic imine (C=N–C) groups is 1. The first kappa shape index (κ1) is 21.6. The minimum atomic E-state index is -3.22. The number of hydrogen-bond donors (Lipinski definition) is 2. The lowest BCUT2D eigenvalue weighted by Gasteiger charge is -2.15. The molecule has 0 aliphatic rings. The van der Waals surface area contributed by atoms with Gasteiger partial charge < -0.3 is 15.5 Å². The number of sulfone groups is 1. The minimum Gasteiger partial charge on any atom is -0.363 e. The van der Waals surface area contributed by atoms with E-state index in [-0.39, 0.29) is 12.3 Å².